The molecule has 1 rings (SSSR count). The number of hydrogen-bond acceptors (Lipinski definition) is 3. The standard InChI is InChI=1S/C15H25NOS/c1-4-17-10-6-9-16-12-14(3)18-15-8-5-7-13(2)11-15/h5,7-8,11,14,16H,4,6,9-10,12H2,1-3H3. The van der Waals surface area contributed by atoms with E-state index in [1.165, 1.54) is 10.5 Å². The summed E-state index contributed by atoms with van der Waals surface area (Å²) >= 11 is 1.93. The Balaban J connectivity index is 2.12. The zero-order valence-electron chi connectivity index (χ0n) is 11.7. The summed E-state index contributed by atoms with van der Waals surface area (Å²) in [4.78, 5) is 1.36. The Morgan fingerprint density at radius 2 is 2.22 bits per heavy atom. The Hall–Kier alpha value is -0.510. The molecule has 102 valence electrons. The summed E-state index contributed by atoms with van der Waals surface area (Å²) in [6, 6.07) is 8.69. The van der Waals surface area contributed by atoms with Gasteiger partial charge in [-0.3, -0.25) is 0 Å². The van der Waals surface area contributed by atoms with Crippen LogP contribution in [0.4, 0.5) is 0 Å². The normalized spacial score (nSPS) is 12.6. The molecule has 0 aliphatic carbocycles. The first-order chi connectivity index (χ1) is 8.72. The van der Waals surface area contributed by atoms with Gasteiger partial charge in [0.1, 0.15) is 0 Å². The molecular weight excluding hydrogens is 242 g/mol. The van der Waals surface area contributed by atoms with Gasteiger partial charge in [-0.2, -0.15) is 0 Å². The van der Waals surface area contributed by atoms with E-state index < -0.39 is 0 Å². The Labute approximate surface area is 116 Å². The zero-order valence-corrected chi connectivity index (χ0v) is 12.6. The molecule has 0 heterocycles. The second kappa shape index (κ2) is 9.42. The van der Waals surface area contributed by atoms with Crippen molar-refractivity contribution in [2.24, 2.45) is 0 Å². The topological polar surface area (TPSA) is 21.3 Å². The van der Waals surface area contributed by atoms with Crippen molar-refractivity contribution in [3.05, 3.63) is 29.8 Å². The van der Waals surface area contributed by atoms with E-state index in [4.69, 9.17) is 4.74 Å². The highest BCUT2D eigenvalue weighted by Crippen LogP contribution is 2.23. The van der Waals surface area contributed by atoms with Crippen LogP contribution in [0.15, 0.2) is 29.2 Å². The minimum absolute atomic E-state index is 0.596. The summed E-state index contributed by atoms with van der Waals surface area (Å²) in [7, 11) is 0. The van der Waals surface area contributed by atoms with Crippen LogP contribution < -0.4 is 5.32 Å². The maximum Gasteiger partial charge on any atom is 0.0477 e. The van der Waals surface area contributed by atoms with Gasteiger partial charge in [-0.15, -0.1) is 11.8 Å². The molecule has 1 aromatic rings. The molecule has 0 spiro atoms. The molecule has 1 N–H and O–H groups in total. The molecule has 0 aliphatic rings. The van der Waals surface area contributed by atoms with Crippen LogP contribution in [0.3, 0.4) is 0 Å². The molecule has 0 aromatic heterocycles. The van der Waals surface area contributed by atoms with Gasteiger partial charge in [-0.25, -0.2) is 0 Å². The number of ether oxygens (including phenoxy) is 1. The average Bonchev–Trinajstić information content (AvgIpc) is 2.33. The maximum atomic E-state index is 5.30. The van der Waals surface area contributed by atoms with Gasteiger partial charge in [0.15, 0.2) is 0 Å². The monoisotopic (exact) mass is 267 g/mol. The van der Waals surface area contributed by atoms with Crippen molar-refractivity contribution in [1.29, 1.82) is 0 Å². The fourth-order valence-corrected chi connectivity index (χ4v) is 2.79. The van der Waals surface area contributed by atoms with Crippen molar-refractivity contribution in [2.75, 3.05) is 26.3 Å². The number of hydrogen-bond donors (Lipinski definition) is 1. The van der Waals surface area contributed by atoms with Crippen LogP contribution in [-0.2, 0) is 4.74 Å². The number of nitrogens with one attached hydrogen (secondary N) is 1. The van der Waals surface area contributed by atoms with Crippen LogP contribution in [0.1, 0.15) is 25.8 Å². The van der Waals surface area contributed by atoms with Gasteiger partial charge in [-0.05, 0) is 38.9 Å². The minimum atomic E-state index is 0.596. The largest absolute Gasteiger partial charge is 0.382 e. The summed E-state index contributed by atoms with van der Waals surface area (Å²) in [5.74, 6) is 0. The molecule has 0 bridgehead atoms. The molecule has 1 atom stereocenters. The van der Waals surface area contributed by atoms with Crippen molar-refractivity contribution in [2.45, 2.75) is 37.3 Å². The SMILES string of the molecule is CCOCCCNCC(C)Sc1cccc(C)c1. The highest BCUT2D eigenvalue weighted by Gasteiger charge is 2.03. The lowest BCUT2D eigenvalue weighted by atomic mass is 10.2. The Morgan fingerprint density at radius 1 is 1.39 bits per heavy atom. The summed E-state index contributed by atoms with van der Waals surface area (Å²) in [5.41, 5.74) is 1.33. The third kappa shape index (κ3) is 7.04. The van der Waals surface area contributed by atoms with Gasteiger partial charge in [-0.1, -0.05) is 24.6 Å². The summed E-state index contributed by atoms with van der Waals surface area (Å²) in [6.45, 7) is 10.2. The van der Waals surface area contributed by atoms with Crippen molar-refractivity contribution in [3.63, 3.8) is 0 Å². The van der Waals surface area contributed by atoms with Crippen LogP contribution in [0.2, 0.25) is 0 Å². The minimum Gasteiger partial charge on any atom is -0.382 e. The van der Waals surface area contributed by atoms with Crippen LogP contribution in [0, 0.1) is 6.92 Å². The molecule has 0 saturated heterocycles. The lowest BCUT2D eigenvalue weighted by Crippen LogP contribution is -2.24. The first-order valence-electron chi connectivity index (χ1n) is 6.74. The van der Waals surface area contributed by atoms with Crippen LogP contribution in [0.25, 0.3) is 0 Å². The lowest BCUT2D eigenvalue weighted by molar-refractivity contribution is 0.145. The van der Waals surface area contributed by atoms with E-state index in [9.17, 15) is 0 Å². The zero-order chi connectivity index (χ0) is 13.2. The third-order valence-electron chi connectivity index (χ3n) is 2.60. The second-order valence-electron chi connectivity index (χ2n) is 4.50. The molecule has 1 aromatic carbocycles. The van der Waals surface area contributed by atoms with Crippen molar-refractivity contribution in [3.8, 4) is 0 Å². The van der Waals surface area contributed by atoms with Gasteiger partial charge in [0.25, 0.3) is 0 Å². The first kappa shape index (κ1) is 15.5. The average molecular weight is 267 g/mol. The Kier molecular flexibility index (Phi) is 8.14. The summed E-state index contributed by atoms with van der Waals surface area (Å²) in [6.07, 6.45) is 1.09. The van der Waals surface area contributed by atoms with Crippen molar-refractivity contribution in [1.82, 2.24) is 5.32 Å². The number of aryl methyl sites for hydroxylation is 1. The first-order valence-corrected chi connectivity index (χ1v) is 7.62. The Morgan fingerprint density at radius 3 is 2.94 bits per heavy atom. The van der Waals surface area contributed by atoms with E-state index >= 15 is 0 Å². The van der Waals surface area contributed by atoms with E-state index in [0.29, 0.717) is 5.25 Å². The van der Waals surface area contributed by atoms with E-state index in [1.54, 1.807) is 0 Å². The maximum absolute atomic E-state index is 5.30. The molecule has 0 fully saturated rings. The van der Waals surface area contributed by atoms with Crippen LogP contribution in [0.5, 0.6) is 0 Å². The second-order valence-corrected chi connectivity index (χ2v) is 6.01. The lowest BCUT2D eigenvalue weighted by Gasteiger charge is -2.12. The highest BCUT2D eigenvalue weighted by molar-refractivity contribution is 8.00. The summed E-state index contributed by atoms with van der Waals surface area (Å²) < 4.78 is 5.30. The van der Waals surface area contributed by atoms with E-state index in [2.05, 4.69) is 43.4 Å². The molecule has 0 aliphatic heterocycles. The smallest absolute Gasteiger partial charge is 0.0477 e. The van der Waals surface area contributed by atoms with Crippen LogP contribution in [-0.4, -0.2) is 31.6 Å². The highest BCUT2D eigenvalue weighted by atomic mass is 32.2. The predicted octanol–water partition coefficient (Wildman–Crippen LogP) is 3.49. The molecule has 2 nitrogen and oxygen atoms in total. The molecule has 0 amide bonds. The quantitative estimate of drug-likeness (QED) is 0.546. The molecular formula is C15H25NOS. The third-order valence-corrected chi connectivity index (χ3v) is 3.70. The van der Waals surface area contributed by atoms with Gasteiger partial charge in [0, 0.05) is 29.9 Å². The summed E-state index contributed by atoms with van der Waals surface area (Å²) in [5, 5.41) is 4.07. The predicted molar refractivity (Wildman–Crippen MR) is 80.5 cm³/mol. The Bertz CT molecular complexity index is 330. The van der Waals surface area contributed by atoms with Crippen molar-refractivity contribution >= 4 is 11.8 Å². The number of thioether (sulfide) groups is 1. The van der Waals surface area contributed by atoms with E-state index in [0.717, 1.165) is 32.7 Å². The molecule has 18 heavy (non-hydrogen) atoms. The van der Waals surface area contributed by atoms with Gasteiger partial charge in [0.05, 0.1) is 0 Å². The van der Waals surface area contributed by atoms with Gasteiger partial charge < -0.3 is 10.1 Å². The molecule has 0 saturated carbocycles. The van der Waals surface area contributed by atoms with Gasteiger partial charge in [0.2, 0.25) is 0 Å². The fourth-order valence-electron chi connectivity index (χ4n) is 1.71. The molecule has 0 radical (unpaired) electrons. The van der Waals surface area contributed by atoms with Gasteiger partial charge >= 0.3 is 0 Å². The van der Waals surface area contributed by atoms with Crippen LogP contribution >= 0.6 is 11.8 Å². The molecule has 1 unspecified atom stereocenters. The number of rotatable bonds is 9. The number of benzene rings is 1. The van der Waals surface area contributed by atoms with E-state index in [-0.39, 0.29) is 0 Å². The van der Waals surface area contributed by atoms with Crippen molar-refractivity contribution < 1.29 is 4.74 Å². The molecule has 3 heteroatoms. The fraction of sp³-hybridized carbons (Fsp3) is 0.600. The van der Waals surface area contributed by atoms with E-state index in [1.807, 2.05) is 18.7 Å².